The molecule has 0 aliphatic rings. The quantitative estimate of drug-likeness (QED) is 0.390. The zero-order valence-electron chi connectivity index (χ0n) is 16.4. The zero-order valence-corrected chi connectivity index (χ0v) is 17.2. The predicted octanol–water partition coefficient (Wildman–Crippen LogP) is 5.26. The minimum Gasteiger partial charge on any atom is -0.369 e. The monoisotopic (exact) mass is 432 g/mol. The van der Waals surface area contributed by atoms with E-state index in [0.717, 1.165) is 16.7 Å². The van der Waals surface area contributed by atoms with Crippen molar-refractivity contribution in [3.8, 4) is 0 Å². The van der Waals surface area contributed by atoms with Gasteiger partial charge in [0.2, 0.25) is 0 Å². The van der Waals surface area contributed by atoms with Crippen LogP contribution >= 0.6 is 0 Å². The van der Waals surface area contributed by atoms with Gasteiger partial charge in [-0.05, 0) is 66.8 Å². The number of halogens is 2. The summed E-state index contributed by atoms with van der Waals surface area (Å²) in [5, 5.41) is 0. The van der Waals surface area contributed by atoms with E-state index in [1.165, 1.54) is 30.3 Å². The lowest BCUT2D eigenvalue weighted by Crippen LogP contribution is -2.09. The molecule has 0 radical (unpaired) electrons. The Labute approximate surface area is 174 Å². The Morgan fingerprint density at radius 2 is 1.43 bits per heavy atom. The molecule has 158 valence electrons. The van der Waals surface area contributed by atoms with Crippen molar-refractivity contribution in [2.24, 2.45) is 0 Å². The molecule has 3 aromatic carbocycles. The van der Waals surface area contributed by atoms with E-state index < -0.39 is 16.2 Å². The number of hydrogen-bond acceptors (Lipinski definition) is 3. The normalized spacial score (nSPS) is 11.8. The van der Waals surface area contributed by atoms with Crippen molar-refractivity contribution in [2.45, 2.75) is 30.8 Å². The molecule has 30 heavy (non-hydrogen) atoms. The zero-order chi connectivity index (χ0) is 21.7. The number of aryl methyl sites for hydroxylation is 2. The molecule has 0 aliphatic carbocycles. The lowest BCUT2D eigenvalue weighted by molar-refractivity contribution is 0.0782. The Bertz CT molecular complexity index is 1050. The van der Waals surface area contributed by atoms with Crippen molar-refractivity contribution in [1.29, 1.82) is 0 Å². The molecule has 0 unspecified atom stereocenters. The lowest BCUT2D eigenvalue weighted by atomic mass is 10.0. The Kier molecular flexibility index (Phi) is 6.97. The first-order valence-corrected chi connectivity index (χ1v) is 10.9. The second-order valence-electron chi connectivity index (χ2n) is 7.04. The van der Waals surface area contributed by atoms with E-state index in [1.54, 1.807) is 36.4 Å². The predicted molar refractivity (Wildman–Crippen MR) is 110 cm³/mol. The molecular weight excluding hydrogens is 410 g/mol. The SMILES string of the molecule is Cc1ccc(S(=O)(=O)O)c(CCCOC(c2ccc(F)cc2)c2ccc(F)cc2)c1. The average molecular weight is 432 g/mol. The molecule has 0 saturated heterocycles. The molecule has 0 amide bonds. The van der Waals surface area contributed by atoms with Crippen LogP contribution in [-0.2, 0) is 21.3 Å². The van der Waals surface area contributed by atoms with Crippen LogP contribution in [0.2, 0.25) is 0 Å². The Morgan fingerprint density at radius 1 is 0.900 bits per heavy atom. The fraction of sp³-hybridized carbons (Fsp3) is 0.217. The highest BCUT2D eigenvalue weighted by Crippen LogP contribution is 2.27. The molecule has 0 saturated carbocycles. The highest BCUT2D eigenvalue weighted by atomic mass is 32.2. The van der Waals surface area contributed by atoms with E-state index in [4.69, 9.17) is 4.74 Å². The van der Waals surface area contributed by atoms with Crippen molar-refractivity contribution < 1.29 is 26.5 Å². The van der Waals surface area contributed by atoms with Gasteiger partial charge in [-0.15, -0.1) is 0 Å². The second kappa shape index (κ2) is 9.47. The van der Waals surface area contributed by atoms with E-state index in [1.807, 2.05) is 6.92 Å². The number of ether oxygens (including phenoxy) is 1. The van der Waals surface area contributed by atoms with E-state index in [0.29, 0.717) is 18.4 Å². The Hall–Kier alpha value is -2.61. The minimum absolute atomic E-state index is 0.110. The van der Waals surface area contributed by atoms with Gasteiger partial charge in [0.1, 0.15) is 17.7 Å². The van der Waals surface area contributed by atoms with Gasteiger partial charge in [-0.2, -0.15) is 8.42 Å². The molecule has 0 aliphatic heterocycles. The van der Waals surface area contributed by atoms with E-state index in [2.05, 4.69) is 0 Å². The molecule has 0 aromatic heterocycles. The van der Waals surface area contributed by atoms with Gasteiger partial charge >= 0.3 is 0 Å². The number of hydrogen-bond donors (Lipinski definition) is 1. The van der Waals surface area contributed by atoms with Gasteiger partial charge < -0.3 is 4.74 Å². The summed E-state index contributed by atoms with van der Waals surface area (Å²) in [5.41, 5.74) is 2.84. The van der Waals surface area contributed by atoms with Crippen molar-refractivity contribution in [1.82, 2.24) is 0 Å². The highest BCUT2D eigenvalue weighted by Gasteiger charge is 2.17. The first kappa shape index (κ1) is 22.1. The van der Waals surface area contributed by atoms with Crippen LogP contribution in [0, 0.1) is 18.6 Å². The summed E-state index contributed by atoms with van der Waals surface area (Å²) < 4.78 is 65.2. The van der Waals surface area contributed by atoms with Crippen LogP contribution in [0.15, 0.2) is 71.6 Å². The fourth-order valence-corrected chi connectivity index (χ4v) is 4.01. The molecular formula is C23H22F2O4S. The first-order valence-electron chi connectivity index (χ1n) is 9.43. The van der Waals surface area contributed by atoms with E-state index >= 15 is 0 Å². The van der Waals surface area contributed by atoms with Crippen molar-refractivity contribution >= 4 is 10.1 Å². The molecule has 0 spiro atoms. The summed E-state index contributed by atoms with van der Waals surface area (Å²) >= 11 is 0. The van der Waals surface area contributed by atoms with Gasteiger partial charge in [0, 0.05) is 6.61 Å². The summed E-state index contributed by atoms with van der Waals surface area (Å²) in [5.74, 6) is -0.734. The van der Waals surface area contributed by atoms with Crippen LogP contribution < -0.4 is 0 Å². The molecule has 0 heterocycles. The van der Waals surface area contributed by atoms with Gasteiger partial charge in [0.25, 0.3) is 10.1 Å². The minimum atomic E-state index is -4.31. The maximum absolute atomic E-state index is 13.3. The van der Waals surface area contributed by atoms with Crippen LogP contribution in [0.3, 0.4) is 0 Å². The molecule has 0 atom stereocenters. The second-order valence-corrected chi connectivity index (χ2v) is 8.43. The molecule has 1 N–H and O–H groups in total. The van der Waals surface area contributed by atoms with Gasteiger partial charge in [-0.3, -0.25) is 4.55 Å². The van der Waals surface area contributed by atoms with Crippen molar-refractivity contribution in [3.05, 3.63) is 101 Å². The van der Waals surface area contributed by atoms with Gasteiger partial charge in [0.15, 0.2) is 0 Å². The molecule has 3 aromatic rings. The molecule has 3 rings (SSSR count). The fourth-order valence-electron chi connectivity index (χ4n) is 3.28. The van der Waals surface area contributed by atoms with Crippen LogP contribution in [0.1, 0.15) is 34.8 Å². The Balaban J connectivity index is 1.73. The summed E-state index contributed by atoms with van der Waals surface area (Å²) in [6, 6.07) is 16.5. The van der Waals surface area contributed by atoms with Gasteiger partial charge in [0.05, 0.1) is 4.90 Å². The maximum atomic E-state index is 13.3. The van der Waals surface area contributed by atoms with Crippen LogP contribution in [0.25, 0.3) is 0 Å². The molecule has 4 nitrogen and oxygen atoms in total. The summed E-state index contributed by atoms with van der Waals surface area (Å²) in [6.45, 7) is 2.12. The van der Waals surface area contributed by atoms with Crippen LogP contribution in [0.4, 0.5) is 8.78 Å². The summed E-state index contributed by atoms with van der Waals surface area (Å²) in [7, 11) is -4.31. The largest absolute Gasteiger partial charge is 0.369 e. The highest BCUT2D eigenvalue weighted by molar-refractivity contribution is 7.85. The number of benzene rings is 3. The smallest absolute Gasteiger partial charge is 0.294 e. The lowest BCUT2D eigenvalue weighted by Gasteiger charge is -2.19. The van der Waals surface area contributed by atoms with Crippen molar-refractivity contribution in [3.63, 3.8) is 0 Å². The summed E-state index contributed by atoms with van der Waals surface area (Å²) in [6.07, 6.45) is 0.353. The van der Waals surface area contributed by atoms with Gasteiger partial charge in [-0.1, -0.05) is 42.0 Å². The number of rotatable bonds is 8. The Morgan fingerprint density at radius 3 is 1.93 bits per heavy atom. The topological polar surface area (TPSA) is 63.6 Å². The maximum Gasteiger partial charge on any atom is 0.294 e. The standard InChI is InChI=1S/C23H22F2O4S/c1-16-4-13-22(30(26,27)28)19(15-16)3-2-14-29-23(17-5-9-20(24)10-6-17)18-7-11-21(25)12-8-18/h4-13,15,23H,2-3,14H2,1H3,(H,26,27,28). The third-order valence-electron chi connectivity index (χ3n) is 4.71. The van der Waals surface area contributed by atoms with Gasteiger partial charge in [-0.25, -0.2) is 8.78 Å². The van der Waals surface area contributed by atoms with Crippen molar-refractivity contribution in [2.75, 3.05) is 6.61 Å². The average Bonchev–Trinajstić information content (AvgIpc) is 2.69. The molecule has 7 heteroatoms. The third-order valence-corrected chi connectivity index (χ3v) is 5.67. The van der Waals surface area contributed by atoms with E-state index in [-0.39, 0.29) is 23.1 Å². The summed E-state index contributed by atoms with van der Waals surface area (Å²) in [4.78, 5) is -0.110. The van der Waals surface area contributed by atoms with E-state index in [9.17, 15) is 21.8 Å². The molecule has 0 bridgehead atoms. The van der Waals surface area contributed by atoms with Crippen LogP contribution in [-0.4, -0.2) is 19.6 Å². The van der Waals surface area contributed by atoms with Crippen LogP contribution in [0.5, 0.6) is 0 Å². The first-order chi connectivity index (χ1) is 14.2. The molecule has 0 fully saturated rings. The third kappa shape index (κ3) is 5.72.